The van der Waals surface area contributed by atoms with Crippen molar-refractivity contribution in [3.8, 4) is 0 Å². The molecule has 2 aliphatic rings. The average molecular weight is 565 g/mol. The van der Waals surface area contributed by atoms with Crippen molar-refractivity contribution in [3.63, 3.8) is 0 Å². The third-order valence-corrected chi connectivity index (χ3v) is 10.0. The van der Waals surface area contributed by atoms with Crippen LogP contribution in [0.5, 0.6) is 0 Å². The number of carbonyl (C=O) groups excluding carboxylic acids is 2. The maximum absolute atomic E-state index is 13.3. The SMILES string of the molecule is CC(C)[C@H]1CC[C@H](C)C[C@H]1C(=O)C[N+](C)(C)CCCCCCCCCC[N+](C)(C)CC(=O)O[C@H]1CCC[C@H](C)C1. The van der Waals surface area contributed by atoms with E-state index in [1.54, 1.807) is 0 Å². The van der Waals surface area contributed by atoms with Crippen LogP contribution in [0, 0.1) is 29.6 Å². The number of likely N-dealkylation sites (N-methyl/N-ethyl adjacent to an activating group) is 2. The molecule has 0 bridgehead atoms. The molecular weight excluding hydrogens is 496 g/mol. The molecule has 2 rings (SSSR count). The largest absolute Gasteiger partial charge is 0.458 e. The summed E-state index contributed by atoms with van der Waals surface area (Å²) in [5.41, 5.74) is 0. The zero-order valence-corrected chi connectivity index (χ0v) is 28.0. The van der Waals surface area contributed by atoms with E-state index in [9.17, 15) is 9.59 Å². The maximum Gasteiger partial charge on any atom is 0.362 e. The molecule has 0 saturated heterocycles. The Hall–Kier alpha value is -0.940. The number of rotatable bonds is 18. The third-order valence-electron chi connectivity index (χ3n) is 10.0. The molecule has 0 aromatic heterocycles. The van der Waals surface area contributed by atoms with Gasteiger partial charge in [-0.25, -0.2) is 4.79 Å². The van der Waals surface area contributed by atoms with Gasteiger partial charge < -0.3 is 13.7 Å². The zero-order valence-electron chi connectivity index (χ0n) is 28.0. The molecular formula is C35H68N2O3+2. The molecule has 2 aliphatic carbocycles. The lowest BCUT2D eigenvalue weighted by Crippen LogP contribution is -2.48. The van der Waals surface area contributed by atoms with Gasteiger partial charge >= 0.3 is 5.97 Å². The minimum absolute atomic E-state index is 0.0152. The Kier molecular flexibility index (Phi) is 15.2. The highest BCUT2D eigenvalue weighted by Crippen LogP contribution is 2.38. The van der Waals surface area contributed by atoms with Crippen LogP contribution >= 0.6 is 0 Å². The summed E-state index contributed by atoms with van der Waals surface area (Å²) < 4.78 is 7.38. The molecule has 40 heavy (non-hydrogen) atoms. The molecule has 0 heterocycles. The average Bonchev–Trinajstić information content (AvgIpc) is 2.84. The lowest BCUT2D eigenvalue weighted by atomic mass is 9.68. The summed E-state index contributed by atoms with van der Waals surface area (Å²) >= 11 is 0. The van der Waals surface area contributed by atoms with Crippen LogP contribution in [0.1, 0.15) is 124 Å². The number of hydrogen-bond acceptors (Lipinski definition) is 3. The summed E-state index contributed by atoms with van der Waals surface area (Å²) in [5, 5.41) is 0. The number of unbranched alkanes of at least 4 members (excludes halogenated alkanes) is 7. The third kappa shape index (κ3) is 13.8. The van der Waals surface area contributed by atoms with Gasteiger partial charge in [-0.1, -0.05) is 66.2 Å². The van der Waals surface area contributed by atoms with E-state index >= 15 is 0 Å². The second-order valence-corrected chi connectivity index (χ2v) is 15.7. The van der Waals surface area contributed by atoms with Crippen molar-refractivity contribution < 1.29 is 23.3 Å². The van der Waals surface area contributed by atoms with Crippen molar-refractivity contribution >= 4 is 11.8 Å². The van der Waals surface area contributed by atoms with Crippen LogP contribution in [-0.2, 0) is 14.3 Å². The molecule has 0 aromatic rings. The van der Waals surface area contributed by atoms with Gasteiger partial charge in [0.1, 0.15) is 12.6 Å². The van der Waals surface area contributed by atoms with E-state index in [0.717, 1.165) is 41.3 Å². The quantitative estimate of drug-likeness (QED) is 0.0975. The Bertz CT molecular complexity index is 747. The van der Waals surface area contributed by atoms with Crippen molar-refractivity contribution in [2.24, 2.45) is 29.6 Å². The first-order chi connectivity index (χ1) is 18.8. The summed E-state index contributed by atoms with van der Waals surface area (Å²) in [4.78, 5) is 25.8. The van der Waals surface area contributed by atoms with Crippen molar-refractivity contribution in [1.82, 2.24) is 0 Å². The molecule has 0 aliphatic heterocycles. The van der Waals surface area contributed by atoms with Crippen LogP contribution < -0.4 is 0 Å². The van der Waals surface area contributed by atoms with Crippen LogP contribution in [0.4, 0.5) is 0 Å². The van der Waals surface area contributed by atoms with E-state index in [2.05, 4.69) is 55.9 Å². The van der Waals surface area contributed by atoms with Crippen molar-refractivity contribution in [3.05, 3.63) is 0 Å². The molecule has 5 atom stereocenters. The van der Waals surface area contributed by atoms with Gasteiger partial charge in [0.15, 0.2) is 12.3 Å². The van der Waals surface area contributed by atoms with Crippen LogP contribution in [0.15, 0.2) is 0 Å². The van der Waals surface area contributed by atoms with Gasteiger partial charge in [0.05, 0.1) is 41.3 Å². The summed E-state index contributed by atoms with van der Waals surface area (Å²) in [6.07, 6.45) is 18.4. The Morgan fingerprint density at radius 3 is 1.77 bits per heavy atom. The molecule has 0 N–H and O–H groups in total. The van der Waals surface area contributed by atoms with Crippen LogP contribution in [0.2, 0.25) is 0 Å². The fraction of sp³-hybridized carbons (Fsp3) is 0.943. The first-order valence-corrected chi connectivity index (χ1v) is 17.1. The number of esters is 1. The predicted molar refractivity (Wildman–Crippen MR) is 168 cm³/mol. The standard InChI is InChI=1S/C35H68N2O3/c1-28(2)32-21-20-30(4)25-33(32)34(38)26-36(5,6)22-15-13-11-9-10-12-14-16-23-37(7,8)27-35(39)40-31-19-17-18-29(3)24-31/h28-33H,9-27H2,1-8H3/q+2/t29-,30-,31-,32+,33+/m0/s1. The molecule has 0 amide bonds. The second-order valence-electron chi connectivity index (χ2n) is 15.7. The number of carbonyl (C=O) groups is 2. The lowest BCUT2D eigenvalue weighted by Gasteiger charge is -2.38. The zero-order chi connectivity index (χ0) is 29.8. The summed E-state index contributed by atoms with van der Waals surface area (Å²) in [6.45, 7) is 12.5. The molecule has 2 fully saturated rings. The predicted octanol–water partition coefficient (Wildman–Crippen LogP) is 7.66. The molecule has 0 aromatic carbocycles. The molecule has 0 spiro atoms. The van der Waals surface area contributed by atoms with Crippen molar-refractivity contribution in [2.45, 2.75) is 130 Å². The van der Waals surface area contributed by atoms with Gasteiger partial charge in [0.2, 0.25) is 0 Å². The van der Waals surface area contributed by atoms with Crippen LogP contribution in [0.25, 0.3) is 0 Å². The van der Waals surface area contributed by atoms with E-state index in [0.29, 0.717) is 42.5 Å². The van der Waals surface area contributed by atoms with E-state index < -0.39 is 0 Å². The Balaban J connectivity index is 1.51. The Labute approximate surface area is 249 Å². The molecule has 2 saturated carbocycles. The van der Waals surface area contributed by atoms with Crippen LogP contribution in [0.3, 0.4) is 0 Å². The number of ketones is 1. The highest BCUT2D eigenvalue weighted by atomic mass is 16.5. The van der Waals surface area contributed by atoms with E-state index in [1.165, 1.54) is 77.0 Å². The first-order valence-electron chi connectivity index (χ1n) is 17.1. The van der Waals surface area contributed by atoms with E-state index in [-0.39, 0.29) is 18.0 Å². The second kappa shape index (κ2) is 17.2. The Morgan fingerprint density at radius 1 is 0.700 bits per heavy atom. The Morgan fingerprint density at radius 2 is 1.23 bits per heavy atom. The fourth-order valence-electron chi connectivity index (χ4n) is 7.47. The lowest BCUT2D eigenvalue weighted by molar-refractivity contribution is -0.883. The number of ether oxygens (including phenoxy) is 1. The minimum atomic E-state index is -0.0152. The van der Waals surface area contributed by atoms with Crippen molar-refractivity contribution in [1.29, 1.82) is 0 Å². The molecule has 5 heteroatoms. The van der Waals surface area contributed by atoms with Gasteiger partial charge in [-0.3, -0.25) is 4.79 Å². The fourth-order valence-corrected chi connectivity index (χ4v) is 7.47. The van der Waals surface area contributed by atoms with Gasteiger partial charge in [-0.2, -0.15) is 0 Å². The minimum Gasteiger partial charge on any atom is -0.458 e. The van der Waals surface area contributed by atoms with Gasteiger partial charge in [0, 0.05) is 5.92 Å². The van der Waals surface area contributed by atoms with E-state index in [1.807, 2.05) is 0 Å². The highest BCUT2D eigenvalue weighted by molar-refractivity contribution is 5.82. The molecule has 0 unspecified atom stereocenters. The number of quaternary nitrogens is 2. The maximum atomic E-state index is 13.3. The van der Waals surface area contributed by atoms with Gasteiger partial charge in [-0.15, -0.1) is 0 Å². The number of Topliss-reactive ketones (excluding diaryl/α,β-unsaturated/α-hetero) is 1. The molecule has 5 nitrogen and oxygen atoms in total. The van der Waals surface area contributed by atoms with Gasteiger partial charge in [-0.05, 0) is 81.5 Å². The number of nitrogens with zero attached hydrogens (tertiary/aromatic N) is 2. The number of hydrogen-bond donors (Lipinski definition) is 0. The first kappa shape index (κ1) is 35.3. The molecule has 234 valence electrons. The summed E-state index contributed by atoms with van der Waals surface area (Å²) in [5.74, 6) is 3.37. The molecule has 0 radical (unpaired) electrons. The summed E-state index contributed by atoms with van der Waals surface area (Å²) in [7, 11) is 8.84. The van der Waals surface area contributed by atoms with E-state index in [4.69, 9.17) is 4.74 Å². The monoisotopic (exact) mass is 565 g/mol. The normalized spacial score (nSPS) is 26.2. The van der Waals surface area contributed by atoms with Crippen molar-refractivity contribution in [2.75, 3.05) is 54.4 Å². The summed E-state index contributed by atoms with van der Waals surface area (Å²) in [6, 6.07) is 0. The van der Waals surface area contributed by atoms with Gasteiger partial charge in [0.25, 0.3) is 0 Å². The highest BCUT2D eigenvalue weighted by Gasteiger charge is 2.37. The van der Waals surface area contributed by atoms with Crippen LogP contribution in [-0.4, -0.2) is 81.2 Å². The smallest absolute Gasteiger partial charge is 0.362 e. The topological polar surface area (TPSA) is 43.4 Å².